The molecule has 2 aromatic rings. The summed E-state index contributed by atoms with van der Waals surface area (Å²) in [5, 5.41) is 6.22. The van der Waals surface area contributed by atoms with E-state index in [1.807, 2.05) is 6.20 Å². The van der Waals surface area contributed by atoms with E-state index >= 15 is 0 Å². The lowest BCUT2D eigenvalue weighted by atomic mass is 10.1. The first-order chi connectivity index (χ1) is 12.8. The maximum absolute atomic E-state index is 12.4. The molecular formula is C17H22N6O3. The molecule has 2 amide bonds. The summed E-state index contributed by atoms with van der Waals surface area (Å²) in [5.74, 6) is 1.25. The molecule has 138 valence electrons. The summed E-state index contributed by atoms with van der Waals surface area (Å²) in [7, 11) is 0. The highest BCUT2D eigenvalue weighted by Crippen LogP contribution is 2.19. The zero-order valence-corrected chi connectivity index (χ0v) is 14.5. The molecule has 0 aliphatic carbocycles. The van der Waals surface area contributed by atoms with Crippen molar-refractivity contribution in [3.05, 3.63) is 35.8 Å². The molecule has 2 aliphatic heterocycles. The van der Waals surface area contributed by atoms with Gasteiger partial charge in [-0.25, -0.2) is 19.7 Å². The van der Waals surface area contributed by atoms with Crippen LogP contribution in [0.1, 0.15) is 29.9 Å². The van der Waals surface area contributed by atoms with Crippen LogP contribution in [0.5, 0.6) is 0 Å². The summed E-state index contributed by atoms with van der Waals surface area (Å²) < 4.78 is 10.5. The highest BCUT2D eigenvalue weighted by Gasteiger charge is 2.23. The van der Waals surface area contributed by atoms with Crippen LogP contribution in [0.2, 0.25) is 0 Å². The fourth-order valence-electron chi connectivity index (χ4n) is 3.17. The molecule has 9 heteroatoms. The molecule has 1 fully saturated rings. The Bertz CT molecular complexity index is 745. The number of amides is 2. The summed E-state index contributed by atoms with van der Waals surface area (Å²) in [4.78, 5) is 27.0. The van der Waals surface area contributed by atoms with Crippen molar-refractivity contribution in [3.63, 3.8) is 0 Å². The number of carbonyl (C=O) groups is 1. The van der Waals surface area contributed by atoms with E-state index in [0.29, 0.717) is 37.4 Å². The summed E-state index contributed by atoms with van der Waals surface area (Å²) in [5.41, 5.74) is 2.00. The van der Waals surface area contributed by atoms with Gasteiger partial charge in [0, 0.05) is 32.0 Å². The molecule has 2 N–H and O–H groups in total. The number of hydrogen-bond donors (Lipinski definition) is 2. The molecule has 0 aromatic carbocycles. The number of hydrogen-bond acceptors (Lipinski definition) is 7. The number of urea groups is 1. The highest BCUT2D eigenvalue weighted by molar-refractivity contribution is 5.74. The van der Waals surface area contributed by atoms with E-state index in [0.717, 1.165) is 43.7 Å². The minimum Gasteiger partial charge on any atom is -0.447 e. The summed E-state index contributed by atoms with van der Waals surface area (Å²) >= 11 is 0. The number of fused-ring (bicyclic) bond motifs is 1. The van der Waals surface area contributed by atoms with Gasteiger partial charge in [-0.1, -0.05) is 0 Å². The minimum atomic E-state index is -0.135. The maximum Gasteiger partial charge on any atom is 0.318 e. The van der Waals surface area contributed by atoms with E-state index in [2.05, 4.69) is 25.6 Å². The standard InChI is InChI=1S/C17H22N6O3/c24-17(20-9-14-8-18-11-26-14)23-4-1-12-7-19-16(22-15(12)10-23)21-13-2-5-25-6-3-13/h7-8,11,13H,1-6,9-10H2,(H,20,24)(H,19,21,22). The zero-order valence-electron chi connectivity index (χ0n) is 14.5. The smallest absolute Gasteiger partial charge is 0.318 e. The number of nitrogens with one attached hydrogen (secondary N) is 2. The molecule has 26 heavy (non-hydrogen) atoms. The van der Waals surface area contributed by atoms with Crippen LogP contribution in [0.25, 0.3) is 0 Å². The molecule has 0 spiro atoms. The Balaban J connectivity index is 1.37. The maximum atomic E-state index is 12.4. The largest absolute Gasteiger partial charge is 0.447 e. The lowest BCUT2D eigenvalue weighted by molar-refractivity contribution is 0.0903. The minimum absolute atomic E-state index is 0.135. The van der Waals surface area contributed by atoms with Crippen molar-refractivity contribution < 1.29 is 13.9 Å². The molecule has 2 aliphatic rings. The molecule has 0 saturated carbocycles. The Kier molecular flexibility index (Phi) is 4.96. The van der Waals surface area contributed by atoms with Crippen LogP contribution in [0.3, 0.4) is 0 Å². The predicted octanol–water partition coefficient (Wildman–Crippen LogP) is 1.32. The number of ether oxygens (including phenoxy) is 1. The van der Waals surface area contributed by atoms with Crippen LogP contribution in [0, 0.1) is 0 Å². The van der Waals surface area contributed by atoms with Gasteiger partial charge in [0.05, 0.1) is 25.0 Å². The van der Waals surface area contributed by atoms with Crippen LogP contribution >= 0.6 is 0 Å². The molecule has 0 radical (unpaired) electrons. The van der Waals surface area contributed by atoms with Gasteiger partial charge < -0.3 is 24.7 Å². The number of oxazole rings is 1. The van der Waals surface area contributed by atoms with Gasteiger partial charge in [0.1, 0.15) is 5.76 Å². The Hall–Kier alpha value is -2.68. The molecule has 4 rings (SSSR count). The number of rotatable bonds is 4. The molecule has 0 unspecified atom stereocenters. The fraction of sp³-hybridized carbons (Fsp3) is 0.529. The normalized spacial score (nSPS) is 17.6. The van der Waals surface area contributed by atoms with Gasteiger partial charge in [0.2, 0.25) is 5.95 Å². The number of nitrogens with zero attached hydrogens (tertiary/aromatic N) is 4. The van der Waals surface area contributed by atoms with Crippen molar-refractivity contribution in [1.82, 2.24) is 25.2 Å². The molecule has 9 nitrogen and oxygen atoms in total. The van der Waals surface area contributed by atoms with Crippen LogP contribution in [-0.2, 0) is 24.2 Å². The first kappa shape index (κ1) is 16.8. The SMILES string of the molecule is O=C(NCc1cnco1)N1CCc2cnc(NC3CCOCC3)nc2C1. The summed E-state index contributed by atoms with van der Waals surface area (Å²) in [6.07, 6.45) is 7.47. The van der Waals surface area contributed by atoms with E-state index in [1.54, 1.807) is 11.1 Å². The second-order valence-electron chi connectivity index (χ2n) is 6.49. The molecular weight excluding hydrogens is 336 g/mol. The van der Waals surface area contributed by atoms with Crippen molar-refractivity contribution >= 4 is 12.0 Å². The van der Waals surface area contributed by atoms with Gasteiger partial charge in [-0.3, -0.25) is 0 Å². The Morgan fingerprint density at radius 3 is 3.00 bits per heavy atom. The van der Waals surface area contributed by atoms with Gasteiger partial charge in [-0.2, -0.15) is 0 Å². The quantitative estimate of drug-likeness (QED) is 0.849. The third kappa shape index (κ3) is 3.93. The van der Waals surface area contributed by atoms with E-state index in [4.69, 9.17) is 9.15 Å². The highest BCUT2D eigenvalue weighted by atomic mass is 16.5. The molecule has 0 atom stereocenters. The average Bonchev–Trinajstić information content (AvgIpc) is 3.20. The van der Waals surface area contributed by atoms with E-state index in [1.165, 1.54) is 6.39 Å². The summed E-state index contributed by atoms with van der Waals surface area (Å²) in [6.45, 7) is 2.97. The average molecular weight is 358 g/mol. The molecule has 2 aromatic heterocycles. The number of carbonyl (C=O) groups excluding carboxylic acids is 1. The van der Waals surface area contributed by atoms with Crippen molar-refractivity contribution in [2.24, 2.45) is 0 Å². The van der Waals surface area contributed by atoms with Gasteiger partial charge in [-0.05, 0) is 24.8 Å². The first-order valence-electron chi connectivity index (χ1n) is 8.87. The van der Waals surface area contributed by atoms with Gasteiger partial charge in [-0.15, -0.1) is 0 Å². The Morgan fingerprint density at radius 1 is 1.31 bits per heavy atom. The van der Waals surface area contributed by atoms with Crippen molar-refractivity contribution in [2.75, 3.05) is 25.1 Å². The predicted molar refractivity (Wildman–Crippen MR) is 92.3 cm³/mol. The van der Waals surface area contributed by atoms with Gasteiger partial charge in [0.25, 0.3) is 0 Å². The number of anilines is 1. The zero-order chi connectivity index (χ0) is 17.8. The van der Waals surface area contributed by atoms with E-state index in [-0.39, 0.29) is 6.03 Å². The monoisotopic (exact) mass is 358 g/mol. The van der Waals surface area contributed by atoms with Gasteiger partial charge in [0.15, 0.2) is 6.39 Å². The van der Waals surface area contributed by atoms with Crippen LogP contribution in [-0.4, -0.2) is 51.7 Å². The van der Waals surface area contributed by atoms with Crippen LogP contribution in [0.4, 0.5) is 10.7 Å². The first-order valence-corrected chi connectivity index (χ1v) is 8.87. The lowest BCUT2D eigenvalue weighted by Gasteiger charge is -2.29. The molecule has 1 saturated heterocycles. The van der Waals surface area contributed by atoms with Gasteiger partial charge >= 0.3 is 6.03 Å². The molecule has 4 heterocycles. The molecule has 0 bridgehead atoms. The second kappa shape index (κ2) is 7.69. The summed E-state index contributed by atoms with van der Waals surface area (Å²) in [6, 6.07) is 0.205. The third-order valence-corrected chi connectivity index (χ3v) is 4.68. The third-order valence-electron chi connectivity index (χ3n) is 4.68. The van der Waals surface area contributed by atoms with Crippen molar-refractivity contribution in [1.29, 1.82) is 0 Å². The van der Waals surface area contributed by atoms with Crippen molar-refractivity contribution in [2.45, 2.75) is 38.4 Å². The fourth-order valence-corrected chi connectivity index (χ4v) is 3.17. The van der Waals surface area contributed by atoms with Crippen LogP contribution < -0.4 is 10.6 Å². The van der Waals surface area contributed by atoms with Crippen molar-refractivity contribution in [3.8, 4) is 0 Å². The number of aromatic nitrogens is 3. The van der Waals surface area contributed by atoms with Crippen LogP contribution in [0.15, 0.2) is 23.2 Å². The van der Waals surface area contributed by atoms with E-state index < -0.39 is 0 Å². The lowest BCUT2D eigenvalue weighted by Crippen LogP contribution is -2.42. The second-order valence-corrected chi connectivity index (χ2v) is 6.49. The topological polar surface area (TPSA) is 105 Å². The Morgan fingerprint density at radius 2 is 2.19 bits per heavy atom. The van der Waals surface area contributed by atoms with E-state index in [9.17, 15) is 4.79 Å². The Labute approximate surface area is 151 Å².